The number of carbonyl (C=O) groups excluding carboxylic acids is 15. The molecule has 4 aromatic rings. The first-order valence-corrected chi connectivity index (χ1v) is 41.6. The van der Waals surface area contributed by atoms with Crippen molar-refractivity contribution in [2.24, 2.45) is 17.4 Å². The van der Waals surface area contributed by atoms with E-state index in [-0.39, 0.29) is 49.5 Å². The Bertz CT molecular complexity index is 4870. The smallest absolute Gasteiger partial charge is 0.325 e. The quantitative estimate of drug-likeness (QED) is 0.0197. The number of para-hydroxylation sites is 1. The molecule has 3 aromatic carbocycles. The van der Waals surface area contributed by atoms with E-state index in [0.29, 0.717) is 22.0 Å². The Balaban J connectivity index is 1.38. The molecular weight excluding hydrogens is 1750 g/mol. The van der Waals surface area contributed by atoms with Gasteiger partial charge >= 0.3 is 47.8 Å². The van der Waals surface area contributed by atoms with Crippen molar-refractivity contribution in [2.45, 2.75) is 234 Å². The Morgan fingerprint density at radius 2 is 0.788 bits per heavy atom. The Hall–Kier alpha value is -15.2. The van der Waals surface area contributed by atoms with Crippen molar-refractivity contribution >= 4 is 147 Å². The molecule has 14 atom stereocenters. The van der Waals surface area contributed by atoms with Gasteiger partial charge in [0.2, 0.25) is 88.6 Å². The fourth-order valence-corrected chi connectivity index (χ4v) is 13.6. The molecule has 2 heterocycles. The zero-order valence-electron chi connectivity index (χ0n) is 71.8. The molecule has 0 spiro atoms. The van der Waals surface area contributed by atoms with E-state index in [1.807, 2.05) is 5.32 Å². The van der Waals surface area contributed by atoms with E-state index in [2.05, 4.69) is 68.8 Å². The Morgan fingerprint density at radius 3 is 1.27 bits per heavy atom. The maximum Gasteiger partial charge on any atom is 0.325 e. The van der Waals surface area contributed by atoms with E-state index in [1.54, 1.807) is 62.5 Å². The number of carbonyl (C=O) groups is 23. The maximum atomic E-state index is 15.0. The van der Waals surface area contributed by atoms with Gasteiger partial charge in [-0.05, 0) is 106 Å². The summed E-state index contributed by atoms with van der Waals surface area (Å²) in [6.45, 7) is 3.08. The number of aliphatic carboxylic acids is 8. The molecule has 0 radical (unpaired) electrons. The normalized spacial score (nSPS) is 15.1. The van der Waals surface area contributed by atoms with Gasteiger partial charge < -0.3 is 136 Å². The average molecular weight is 1860 g/mol. The van der Waals surface area contributed by atoms with Crippen molar-refractivity contribution < 1.29 is 156 Å². The lowest BCUT2D eigenvalue weighted by molar-refractivity contribution is -0.144. The van der Waals surface area contributed by atoms with Crippen LogP contribution in [0.3, 0.4) is 0 Å². The number of aromatic hydroxyl groups is 1. The Labute approximate surface area is 751 Å². The Morgan fingerprint density at radius 1 is 0.402 bits per heavy atom. The predicted octanol–water partition coefficient (Wildman–Crippen LogP) is -5.16. The molecule has 132 heavy (non-hydrogen) atoms. The highest BCUT2D eigenvalue weighted by atomic mass is 16.4. The van der Waals surface area contributed by atoms with Crippen LogP contribution >= 0.6 is 0 Å². The number of rotatable bonds is 58. The van der Waals surface area contributed by atoms with Crippen LogP contribution in [0, 0.1) is 5.92 Å². The van der Waals surface area contributed by atoms with Crippen molar-refractivity contribution in [1.82, 2.24) is 79.0 Å². The molecule has 1 aromatic heterocycles. The first-order chi connectivity index (χ1) is 62.2. The second-order valence-electron chi connectivity index (χ2n) is 31.4. The van der Waals surface area contributed by atoms with Gasteiger partial charge in [-0.15, -0.1) is 0 Å². The first kappa shape index (κ1) is 107. The summed E-state index contributed by atoms with van der Waals surface area (Å²) in [7, 11) is 0. The number of fused-ring (bicyclic) bond motifs is 1. The van der Waals surface area contributed by atoms with Crippen LogP contribution in [0.4, 0.5) is 0 Å². The molecule has 49 nitrogen and oxygen atoms in total. The largest absolute Gasteiger partial charge is 0.508 e. The zero-order chi connectivity index (χ0) is 98.3. The molecule has 1 fully saturated rings. The molecule has 0 bridgehead atoms. The van der Waals surface area contributed by atoms with Gasteiger partial charge in [-0.3, -0.25) is 110 Å². The number of nitrogens with two attached hydrogens (primary N) is 2. The summed E-state index contributed by atoms with van der Waals surface area (Å²) in [5.41, 5.74) is 12.6. The summed E-state index contributed by atoms with van der Waals surface area (Å²) in [5, 5.41) is 118. The van der Waals surface area contributed by atoms with Crippen molar-refractivity contribution in [3.05, 3.63) is 102 Å². The molecular formula is C83H109N17O32. The van der Waals surface area contributed by atoms with Gasteiger partial charge in [0, 0.05) is 81.4 Å². The van der Waals surface area contributed by atoms with E-state index in [1.165, 1.54) is 43.3 Å². The number of amides is 15. The fourth-order valence-electron chi connectivity index (χ4n) is 13.6. The molecule has 1 saturated heterocycles. The molecule has 1 aliphatic rings. The summed E-state index contributed by atoms with van der Waals surface area (Å²) in [5.74, 6) is -31.4. The van der Waals surface area contributed by atoms with Gasteiger partial charge in [-0.1, -0.05) is 74.5 Å². The number of phenolic OH excluding ortho intramolecular Hbond substituents is 1. The second-order valence-corrected chi connectivity index (χ2v) is 31.4. The number of phenols is 1. The molecule has 0 saturated carbocycles. The summed E-state index contributed by atoms with van der Waals surface area (Å²) in [4.78, 5) is 310. The number of benzene rings is 3. The maximum absolute atomic E-state index is 15.0. The highest BCUT2D eigenvalue weighted by Crippen LogP contribution is 2.24. The number of nitrogens with one attached hydrogen (secondary N) is 14. The van der Waals surface area contributed by atoms with Crippen LogP contribution < -0.4 is 80.6 Å². The van der Waals surface area contributed by atoms with Gasteiger partial charge in [0.05, 0.1) is 25.4 Å². The summed E-state index contributed by atoms with van der Waals surface area (Å²) in [6, 6.07) is -5.67. The third kappa shape index (κ3) is 37.2. The summed E-state index contributed by atoms with van der Waals surface area (Å²) < 4.78 is 0. The highest BCUT2D eigenvalue weighted by molar-refractivity contribution is 6.02. The number of likely N-dealkylation sites (tertiary alicyclic amines) is 1. The second kappa shape index (κ2) is 52.9. The van der Waals surface area contributed by atoms with E-state index in [9.17, 15) is 151 Å². The predicted molar refractivity (Wildman–Crippen MR) is 453 cm³/mol. The zero-order valence-corrected chi connectivity index (χ0v) is 71.8. The monoisotopic (exact) mass is 1860 g/mol. The number of primary amides is 1. The minimum Gasteiger partial charge on any atom is -0.508 e. The number of nitrogens with zero attached hydrogens (tertiary/aromatic N) is 1. The average Bonchev–Trinajstić information content (AvgIpc) is 1.67. The molecule has 27 N–H and O–H groups in total. The van der Waals surface area contributed by atoms with Crippen LogP contribution in [0.1, 0.15) is 147 Å². The van der Waals surface area contributed by atoms with Gasteiger partial charge in [0.15, 0.2) is 0 Å². The number of carboxylic acid groups (broad SMARTS) is 8. The van der Waals surface area contributed by atoms with E-state index >= 15 is 0 Å². The number of aromatic nitrogens is 1. The number of aromatic amines is 1. The lowest BCUT2D eigenvalue weighted by atomic mass is 9.99. The van der Waals surface area contributed by atoms with Crippen LogP contribution in [0.2, 0.25) is 0 Å². The molecule has 1 aliphatic heterocycles. The van der Waals surface area contributed by atoms with Gasteiger partial charge in [-0.25, -0.2) is 0 Å². The fraction of sp³-hybridized carbons (Fsp3) is 0.482. The minimum absolute atomic E-state index is 0.0278. The van der Waals surface area contributed by atoms with Crippen molar-refractivity contribution in [3.8, 4) is 5.75 Å². The number of carboxylic acids is 8. The molecule has 5 rings (SSSR count). The summed E-state index contributed by atoms with van der Waals surface area (Å²) >= 11 is 0. The molecule has 49 heteroatoms. The summed E-state index contributed by atoms with van der Waals surface area (Å²) in [6.07, 6.45) is -11.4. The van der Waals surface area contributed by atoms with Crippen LogP contribution in [-0.4, -0.2) is 290 Å². The van der Waals surface area contributed by atoms with Crippen LogP contribution in [0.5, 0.6) is 5.75 Å². The number of hydrogen-bond donors (Lipinski definition) is 25. The van der Waals surface area contributed by atoms with Gasteiger partial charge in [-0.2, -0.15) is 0 Å². The van der Waals surface area contributed by atoms with Crippen LogP contribution in [0.25, 0.3) is 10.9 Å². The third-order valence-electron chi connectivity index (χ3n) is 20.4. The topological polar surface area (TPSA) is 802 Å². The van der Waals surface area contributed by atoms with E-state index in [4.69, 9.17) is 16.6 Å². The highest BCUT2D eigenvalue weighted by Gasteiger charge is 2.43. The molecule has 15 amide bonds. The molecule has 0 aliphatic carbocycles. The van der Waals surface area contributed by atoms with Gasteiger partial charge in [0.1, 0.15) is 84.3 Å². The Kier molecular flexibility index (Phi) is 43.0. The molecule has 0 unspecified atom stereocenters. The van der Waals surface area contributed by atoms with E-state index in [0.717, 1.165) is 4.90 Å². The number of hydrogen-bond acceptors (Lipinski definition) is 25. The van der Waals surface area contributed by atoms with Crippen molar-refractivity contribution in [2.75, 3.05) is 13.1 Å². The minimum atomic E-state index is -2.27. The molecule has 718 valence electrons. The lowest BCUT2D eigenvalue weighted by Crippen LogP contribution is -2.61. The van der Waals surface area contributed by atoms with Crippen molar-refractivity contribution in [1.29, 1.82) is 0 Å². The third-order valence-corrected chi connectivity index (χ3v) is 20.4. The first-order valence-electron chi connectivity index (χ1n) is 41.6. The van der Waals surface area contributed by atoms with Crippen molar-refractivity contribution in [3.63, 3.8) is 0 Å². The SMILES string of the molecule is CC(C)C[C@H](NC(=O)[C@H](Cc1c[nH]c2ccccc12)NC(=O)[C@H](CCC(=O)O)NC(=O)[C@H](Cc1ccccc1)NC(=O)[C@H](Cc1ccc(O)cc1)NC(=O)[C@H](CC(=O)O)NC(=O)CNC(=O)[C@H](CCC(=O)O)NC(=O)[C@@H]1CCCN1C(=O)[C@H](CCC(=O)O)NC(=O)[C@H](CC(=O)O)NC(=O)[C@H](CCC(=O)O)NC(=O)[C@H](CCC(N)=O)NC(=O)[C@@H](N)CCC(=O)O)C(=O)N[C@@H](C)C(=O)O. The van der Waals surface area contributed by atoms with Crippen LogP contribution in [-0.2, 0) is 130 Å². The van der Waals surface area contributed by atoms with Crippen LogP contribution in [0.15, 0.2) is 85.1 Å². The lowest BCUT2D eigenvalue weighted by Gasteiger charge is -2.30. The van der Waals surface area contributed by atoms with Gasteiger partial charge in [0.25, 0.3) is 0 Å². The number of H-pyrrole nitrogens is 1. The standard InChI is InChI=1S/C83H109N17O32/c1-40(2)32-54(75(123)88-41(3)83(131)132)95-78(126)57(35-44-38-86-48-13-8-7-12-46(44)48)98-73(121)52(23-29-66(110)111)92-76(124)55(33-42-10-5-4-6-11-42)96-77(125)56(34-43-15-17-45(101)18-16-43)97-79(127)58(36-68(114)115)89-62(103)39-87-71(119)49(21-27-64(106)107)93-81(129)60-14-9-31-100(60)82(130)53(24-30-67(112)113)94-80(128)59(37-69(116)117)99-74(122)51(22-28-65(108)109)91-72(120)50(20-25-61(85)102)90-70(118)47(84)19-26-63(104)105/h4-8,10-13,15-18,38,40-41,47,49-60,86,101H,9,14,19-37,39,84H2,1-3H3,(H2,85,102)(H,87,119)(H,88,123)(H,89,103)(H,90,118)(H,91,120)(H,92,124)(H,93,129)(H,94,128)(H,95,126)(H,96,125)(H,97,127)(H,98,121)(H,99,122)(H,104,105)(H,106,107)(H,108,109)(H,110,111)(H,112,113)(H,114,115)(H,116,117)(H,131,132)/t41-,47-,49-,50-,51-,52-,53-,54-,55-,56-,57-,58-,59-,60-/m0/s1. The van der Waals surface area contributed by atoms with E-state index < -0.39 is 330 Å².